The van der Waals surface area contributed by atoms with E-state index in [9.17, 15) is 0 Å². The van der Waals surface area contributed by atoms with E-state index in [1.54, 1.807) is 72.4 Å². The number of nitrogens with one attached hydrogen (secondary N) is 2. The minimum absolute atomic E-state index is 0.149. The van der Waals surface area contributed by atoms with Crippen LogP contribution < -0.4 is 59.1 Å². The zero-order valence-electron chi connectivity index (χ0n) is 81.9. The van der Waals surface area contributed by atoms with E-state index in [0.29, 0.717) is 92.0 Å². The summed E-state index contributed by atoms with van der Waals surface area (Å²) in [6.45, 7) is 6.10. The van der Waals surface area contributed by atoms with Gasteiger partial charge in [-0.3, -0.25) is 5.10 Å². The molecule has 0 fully saturated rings. The second-order valence-corrected chi connectivity index (χ2v) is 34.1. The highest BCUT2D eigenvalue weighted by Crippen LogP contribution is 2.43. The van der Waals surface area contributed by atoms with Gasteiger partial charge in [-0.2, -0.15) is 40.8 Å². The first-order valence-corrected chi connectivity index (χ1v) is 46.2. The van der Waals surface area contributed by atoms with Crippen LogP contribution in [0.2, 0.25) is 0 Å². The number of nitrogens with two attached hydrogens (primary N) is 7. The minimum Gasteiger partial charge on any atom is -0.497 e. The Labute approximate surface area is 839 Å². The maximum Gasteiger partial charge on any atom is 0.163 e. The highest BCUT2D eigenvalue weighted by Gasteiger charge is 2.26. The average Bonchev–Trinajstić information content (AvgIpc) is 1.59. The number of nitrogens with zero attached hydrogens (tertiary/aromatic N) is 29. The summed E-state index contributed by atoms with van der Waals surface area (Å²) >= 11 is 0. The maximum absolute atomic E-state index is 6.11. The van der Waals surface area contributed by atoms with E-state index in [0.717, 1.165) is 190 Å². The van der Waals surface area contributed by atoms with Crippen molar-refractivity contribution < 1.29 is 27.8 Å². The Hall–Kier alpha value is -20.5. The highest BCUT2D eigenvalue weighted by molar-refractivity contribution is 6.13. The van der Waals surface area contributed by atoms with Crippen LogP contribution in [0.3, 0.4) is 0 Å². The van der Waals surface area contributed by atoms with Crippen molar-refractivity contribution in [3.63, 3.8) is 0 Å². The van der Waals surface area contributed by atoms with Crippen molar-refractivity contribution in [3.05, 3.63) is 257 Å². The second-order valence-electron chi connectivity index (χ2n) is 34.1. The maximum atomic E-state index is 6.11. The smallest absolute Gasteiger partial charge is 0.163 e. The molecule has 0 unspecified atom stereocenters. The molecule has 0 aliphatic carbocycles. The number of anilines is 7. The lowest BCUT2D eigenvalue weighted by Gasteiger charge is -2.09. The molecule has 18 heterocycles. The van der Waals surface area contributed by atoms with Gasteiger partial charge in [0.2, 0.25) is 0 Å². The fraction of sp³-hybridized carbons (Fsp3) is 0.135. The lowest BCUT2D eigenvalue weighted by atomic mass is 10.1. The summed E-state index contributed by atoms with van der Waals surface area (Å²) in [7, 11) is 16.1. The van der Waals surface area contributed by atoms with Crippen molar-refractivity contribution in [2.24, 2.45) is 49.3 Å². The Morgan fingerprint density at radius 2 is 0.730 bits per heavy atom. The number of benzene rings is 8. The first-order chi connectivity index (χ1) is 71.8. The molecule has 0 spiro atoms. The zero-order chi connectivity index (χ0) is 103. The molecule has 0 amide bonds. The van der Waals surface area contributed by atoms with Crippen molar-refractivity contribution in [2.75, 3.05) is 54.4 Å². The molecule has 0 aliphatic rings. The van der Waals surface area contributed by atoms with Crippen LogP contribution in [0.5, 0.6) is 28.7 Å². The number of para-hydroxylation sites is 3. The predicted octanol–water partition coefficient (Wildman–Crippen LogP) is 16.3. The number of aromatic nitrogens is 31. The van der Waals surface area contributed by atoms with E-state index in [-0.39, 0.29) is 6.10 Å². The number of hydrogen-bond acceptors (Lipinski definition) is 35. The van der Waals surface area contributed by atoms with Crippen LogP contribution in [0, 0.1) is 0 Å². The number of H-pyrrole nitrogens is 2. The third-order valence-corrected chi connectivity index (χ3v) is 24.3. The number of methoxy groups -OCH3 is 2. The molecule has 0 atom stereocenters. The third-order valence-electron chi connectivity index (χ3n) is 24.3. The topological polar surface area (TPSA) is 595 Å². The van der Waals surface area contributed by atoms with Crippen LogP contribution in [-0.2, 0) is 55.8 Å². The van der Waals surface area contributed by atoms with Gasteiger partial charge in [0.05, 0.1) is 69.8 Å². The average molecular weight is 1970 g/mol. The number of ether oxygens (including phenoxy) is 4. The lowest BCUT2D eigenvalue weighted by Crippen LogP contribution is -2.05. The SMILES string of the molecule is CC(C)Oc1ccc(-c2nn(C)c3ncnc(N)c23)cc1.CCc1[nH]nc2cc(-c3nn(C)c4ncnc(N)c34)ccc12.COc1cc(OC)cc(-c2nn(C)c3ncnc(N)c23)c1.Cn1nc(-c2ccc(Oc3ccccc3)cc2)c2c(N)ncnc21.Cn1nc(-c2ccc3[nH]ccc3c2)c2c(N)ncnc21.Cn1nc(-c2cccc3c2oc2ccccc23)c2c(N)ncnc21.Cn1nc(-c2ccco2)c2c(N)ncnc21. The van der Waals surface area contributed by atoms with Crippen LogP contribution in [-0.4, -0.2) is 174 Å². The van der Waals surface area contributed by atoms with Gasteiger partial charge in [0.1, 0.15) is 165 Å². The molecule has 0 radical (unpaired) electrons. The van der Waals surface area contributed by atoms with Gasteiger partial charge >= 0.3 is 0 Å². The summed E-state index contributed by atoms with van der Waals surface area (Å²) in [5.74, 6) is 7.36. The van der Waals surface area contributed by atoms with Crippen molar-refractivity contribution >= 4 is 162 Å². The molecule has 26 aromatic rings. The molecule has 16 N–H and O–H groups in total. The number of nitrogen functional groups attached to an aromatic ring is 7. The first kappa shape index (κ1) is 95.1. The first-order valence-electron chi connectivity index (χ1n) is 46.2. The quantitative estimate of drug-likeness (QED) is 0.0488. The summed E-state index contributed by atoms with van der Waals surface area (Å²) in [5, 5.41) is 48.7. The Morgan fingerprint density at radius 1 is 0.338 bits per heavy atom. The van der Waals surface area contributed by atoms with Gasteiger partial charge in [-0.05, 0) is 142 Å². The molecule has 8 aromatic carbocycles. The van der Waals surface area contributed by atoms with Crippen LogP contribution in [0.1, 0.15) is 26.5 Å². The molecule has 44 heteroatoms. The van der Waals surface area contributed by atoms with Crippen LogP contribution in [0.4, 0.5) is 40.7 Å². The monoisotopic (exact) mass is 1970 g/mol. The molecule has 0 aliphatic heterocycles. The number of aromatic amines is 2. The minimum atomic E-state index is 0.149. The Morgan fingerprint density at radius 3 is 1.18 bits per heavy atom. The van der Waals surface area contributed by atoms with E-state index in [1.165, 1.54) is 44.3 Å². The fourth-order valence-electron chi connectivity index (χ4n) is 17.4. The van der Waals surface area contributed by atoms with Gasteiger partial charge in [0.25, 0.3) is 0 Å². The van der Waals surface area contributed by atoms with E-state index < -0.39 is 0 Å². The van der Waals surface area contributed by atoms with Gasteiger partial charge in [-0.1, -0.05) is 73.7 Å². The highest BCUT2D eigenvalue weighted by atomic mass is 16.5. The summed E-state index contributed by atoms with van der Waals surface area (Å²) in [4.78, 5) is 61.2. The molecule has 148 heavy (non-hydrogen) atoms. The Kier molecular flexibility index (Phi) is 25.9. The normalized spacial score (nSPS) is 11.2. The van der Waals surface area contributed by atoms with Gasteiger partial charge in [-0.15, -0.1) is 0 Å². The van der Waals surface area contributed by atoms with Crippen LogP contribution >= 0.6 is 0 Å². The van der Waals surface area contributed by atoms with E-state index in [1.807, 2.05) is 220 Å². The predicted molar refractivity (Wildman–Crippen MR) is 569 cm³/mol. The van der Waals surface area contributed by atoms with Crippen molar-refractivity contribution in [2.45, 2.75) is 33.3 Å². The molecule has 0 bridgehead atoms. The van der Waals surface area contributed by atoms with Gasteiger partial charge in [-0.25, -0.2) is 103 Å². The standard InChI is InChI=1S/C18H13N5O.C18H15N5O.C15H15N7.C15H17N5O.C14H12N6.C14H15N5O2.C10H9N5O/c1-23-18-14(17(19)20-9-21-18)15(22-23)12-7-4-6-11-10-5-2-3-8-13(10)24-16(11)12;1-23-18-15(17(19)20-11-21-18)16(22-23)12-7-9-14(10-8-12)24-13-5-3-2-4-6-13;1-3-10-9-5-4-8(6-11(9)20-19-10)13-12-14(16)17-7-18-15(12)22(2)21-13;1-9(2)21-11-6-4-10(5-7-11)13-12-14(16)17-8-18-15(12)20(3)19-13;1-20-14-11(13(15)17-7-18-14)12(19-20)9-2-3-10-8(6-9)4-5-16-10;1-19-14-11(13(15)16-7-17-14)12(18-19)8-4-9(20-2)6-10(5-8)21-3;1-15-10-7(9(11)12-5-13-10)8(14-15)6-3-2-4-16-6/h2-9H,1H3,(H2,19,20,21);2-11H,1H3,(H2,19,20,21);4-7H,3H2,1-2H3,(H,19,20)(H2,16,17,18);4-9H,1-3H3,(H2,16,17,18);2-7,16H,1H3,(H2,15,17,18);4-7H,1-3H3,(H2,15,16,17);2-5H,1H3,(H2,11,12,13). The number of hydrogen-bond donors (Lipinski definition) is 9. The molecule has 18 aromatic heterocycles. The Balaban J connectivity index is 0.000000105. The van der Waals surface area contributed by atoms with Gasteiger partial charge in [0.15, 0.2) is 45.3 Å². The van der Waals surface area contributed by atoms with E-state index >= 15 is 0 Å². The van der Waals surface area contributed by atoms with E-state index in [2.05, 4.69) is 152 Å². The molecule has 44 nitrogen and oxygen atoms in total. The molecule has 0 saturated carbocycles. The number of aryl methyl sites for hydroxylation is 8. The van der Waals surface area contributed by atoms with Crippen molar-refractivity contribution in [1.82, 2.24) is 153 Å². The summed E-state index contributed by atoms with van der Waals surface area (Å²) in [5.41, 5.74) is 62.4. The van der Waals surface area contributed by atoms with Crippen molar-refractivity contribution in [3.8, 4) is 108 Å². The number of furan rings is 2. The lowest BCUT2D eigenvalue weighted by molar-refractivity contribution is 0.242. The second kappa shape index (κ2) is 40.2. The van der Waals surface area contributed by atoms with Crippen LogP contribution in [0.15, 0.2) is 260 Å². The van der Waals surface area contributed by atoms with Crippen molar-refractivity contribution in [1.29, 1.82) is 0 Å². The molecule has 0 saturated heterocycles. The van der Waals surface area contributed by atoms with Gasteiger partial charge in [0, 0.05) is 128 Å². The summed E-state index contributed by atoms with van der Waals surface area (Å²) in [6, 6.07) is 62.6. The van der Waals surface area contributed by atoms with Gasteiger partial charge < -0.3 is 72.9 Å². The third kappa shape index (κ3) is 18.5. The molecule has 738 valence electrons. The van der Waals surface area contributed by atoms with Crippen LogP contribution in [0.25, 0.3) is 200 Å². The largest absolute Gasteiger partial charge is 0.497 e. The van der Waals surface area contributed by atoms with E-state index in [4.69, 9.17) is 67.9 Å². The molecule has 26 rings (SSSR count). The summed E-state index contributed by atoms with van der Waals surface area (Å²) < 4.78 is 45.4. The summed E-state index contributed by atoms with van der Waals surface area (Å²) in [6.07, 6.45) is 14.7. The number of fused-ring (bicyclic) bond motifs is 12. The molecular weight excluding hydrogens is 1880 g/mol. The zero-order valence-corrected chi connectivity index (χ0v) is 81.9. The Bertz CT molecular complexity index is 9360. The fourth-order valence-corrected chi connectivity index (χ4v) is 17.4. The molecular formula is C104H96N38O6. The number of rotatable bonds is 14.